The number of likely N-dealkylation sites (N-methyl/N-ethyl adjacent to an activating group) is 1. The number of rotatable bonds is 8. The van der Waals surface area contributed by atoms with Crippen LogP contribution in [0, 0.1) is 5.92 Å². The van der Waals surface area contributed by atoms with Gasteiger partial charge in [0, 0.05) is 31.7 Å². The number of nitrogens with one attached hydrogen (secondary N) is 1. The van der Waals surface area contributed by atoms with E-state index in [0.29, 0.717) is 44.4 Å². The van der Waals surface area contributed by atoms with Crippen LogP contribution in [-0.4, -0.2) is 74.9 Å². The highest BCUT2D eigenvalue weighted by atomic mass is 35.5. The number of benzene rings is 1. The Morgan fingerprint density at radius 3 is 2.71 bits per heavy atom. The van der Waals surface area contributed by atoms with Gasteiger partial charge >= 0.3 is 6.18 Å². The van der Waals surface area contributed by atoms with Gasteiger partial charge in [0.2, 0.25) is 0 Å². The molecule has 1 unspecified atom stereocenters. The van der Waals surface area contributed by atoms with Crippen molar-refractivity contribution in [1.82, 2.24) is 15.1 Å². The molecule has 0 spiro atoms. The number of nitrogens with zero attached hydrogens (tertiary/aromatic N) is 3. The van der Waals surface area contributed by atoms with Gasteiger partial charge < -0.3 is 15.0 Å². The molecule has 1 aromatic carbocycles. The average Bonchev–Trinajstić information content (AvgIpc) is 3.05. The first-order chi connectivity index (χ1) is 13.3. The van der Waals surface area contributed by atoms with Crippen LogP contribution in [-0.2, 0) is 0 Å². The summed E-state index contributed by atoms with van der Waals surface area (Å²) in [5, 5.41) is 3.88. The van der Waals surface area contributed by atoms with Crippen molar-refractivity contribution in [3.8, 4) is 5.75 Å². The second kappa shape index (κ2) is 10.8. The van der Waals surface area contributed by atoms with Gasteiger partial charge in [0.1, 0.15) is 12.4 Å². The van der Waals surface area contributed by atoms with Gasteiger partial charge in [-0.1, -0.05) is 11.6 Å². The highest BCUT2D eigenvalue weighted by Crippen LogP contribution is 2.23. The van der Waals surface area contributed by atoms with Gasteiger partial charge in [-0.05, 0) is 50.1 Å². The Morgan fingerprint density at radius 1 is 1.36 bits per heavy atom. The summed E-state index contributed by atoms with van der Waals surface area (Å²) in [4.78, 5) is 8.03. The molecule has 0 radical (unpaired) electrons. The quantitative estimate of drug-likeness (QED) is 0.516. The predicted molar refractivity (Wildman–Crippen MR) is 106 cm³/mol. The van der Waals surface area contributed by atoms with Crippen LogP contribution in [0.2, 0.25) is 5.02 Å². The molecule has 0 amide bonds. The van der Waals surface area contributed by atoms with Crippen molar-refractivity contribution in [2.75, 3.05) is 52.9 Å². The Hall–Kier alpha value is -1.67. The summed E-state index contributed by atoms with van der Waals surface area (Å²) in [5.74, 6) is 1.63. The Kier molecular flexibility index (Phi) is 8.69. The Balaban J connectivity index is 1.79. The summed E-state index contributed by atoms with van der Waals surface area (Å²) in [6, 6.07) is 7.18. The number of aliphatic imine (C=N–C) groups is 1. The van der Waals surface area contributed by atoms with E-state index in [1.54, 1.807) is 12.1 Å². The van der Waals surface area contributed by atoms with Gasteiger partial charge in [-0.2, -0.15) is 13.2 Å². The summed E-state index contributed by atoms with van der Waals surface area (Å²) in [6.07, 6.45) is -3.40. The van der Waals surface area contributed by atoms with Crippen LogP contribution < -0.4 is 10.1 Å². The molecule has 0 aromatic heterocycles. The van der Waals surface area contributed by atoms with Crippen LogP contribution in [0.4, 0.5) is 13.2 Å². The lowest BCUT2D eigenvalue weighted by molar-refractivity contribution is -0.143. The molecule has 1 N–H and O–H groups in total. The molecule has 1 aliphatic rings. The molecular formula is C19H28ClF3N4O. The standard InChI is InChI=1S/C19H28ClF3N4O/c1-3-24-18(25-12-15-8-9-27(13-15)14-19(21,22)23)26(2)10-11-28-17-6-4-16(20)5-7-17/h4-7,15H,3,8-14H2,1-2H3,(H,24,25). The second-order valence-corrected chi connectivity index (χ2v) is 7.36. The maximum atomic E-state index is 12.5. The Morgan fingerprint density at radius 2 is 2.07 bits per heavy atom. The number of likely N-dealkylation sites (tertiary alicyclic amines) is 1. The minimum absolute atomic E-state index is 0.148. The molecule has 0 saturated carbocycles. The fraction of sp³-hybridized carbons (Fsp3) is 0.632. The lowest BCUT2D eigenvalue weighted by Gasteiger charge is -2.23. The van der Waals surface area contributed by atoms with Crippen molar-refractivity contribution >= 4 is 17.6 Å². The highest BCUT2D eigenvalue weighted by molar-refractivity contribution is 6.30. The molecule has 1 aromatic rings. The molecule has 28 heavy (non-hydrogen) atoms. The van der Waals surface area contributed by atoms with Crippen molar-refractivity contribution in [1.29, 1.82) is 0 Å². The summed E-state index contributed by atoms with van der Waals surface area (Å²) < 4.78 is 43.2. The topological polar surface area (TPSA) is 40.1 Å². The second-order valence-electron chi connectivity index (χ2n) is 6.92. The van der Waals surface area contributed by atoms with Crippen LogP contribution in [0.5, 0.6) is 5.75 Å². The van der Waals surface area contributed by atoms with E-state index in [4.69, 9.17) is 16.3 Å². The zero-order valence-electron chi connectivity index (χ0n) is 16.3. The van der Waals surface area contributed by atoms with Crippen LogP contribution in [0.3, 0.4) is 0 Å². The molecule has 5 nitrogen and oxygen atoms in total. The maximum Gasteiger partial charge on any atom is 0.401 e. The first kappa shape index (κ1) is 22.6. The van der Waals surface area contributed by atoms with Gasteiger partial charge in [0.05, 0.1) is 13.1 Å². The molecule has 158 valence electrons. The normalized spacial score (nSPS) is 18.4. The molecule has 0 aliphatic carbocycles. The van der Waals surface area contributed by atoms with Crippen LogP contribution in [0.1, 0.15) is 13.3 Å². The number of halogens is 4. The lowest BCUT2D eigenvalue weighted by Crippen LogP contribution is -2.41. The number of guanidine groups is 1. The smallest absolute Gasteiger partial charge is 0.401 e. The van der Waals surface area contributed by atoms with E-state index in [0.717, 1.165) is 18.1 Å². The SMILES string of the molecule is CCNC(=NCC1CCN(CC(F)(F)F)C1)N(C)CCOc1ccc(Cl)cc1. The largest absolute Gasteiger partial charge is 0.492 e. The molecule has 1 aliphatic heterocycles. The molecular weight excluding hydrogens is 393 g/mol. The van der Waals surface area contributed by atoms with Gasteiger partial charge in [-0.15, -0.1) is 0 Å². The third kappa shape index (κ3) is 8.14. The summed E-state index contributed by atoms with van der Waals surface area (Å²) >= 11 is 5.86. The van der Waals surface area contributed by atoms with Crippen LogP contribution >= 0.6 is 11.6 Å². The van der Waals surface area contributed by atoms with Crippen molar-refractivity contribution < 1.29 is 17.9 Å². The number of alkyl halides is 3. The van der Waals surface area contributed by atoms with E-state index in [-0.39, 0.29) is 5.92 Å². The van der Waals surface area contributed by atoms with Crippen LogP contribution in [0.25, 0.3) is 0 Å². The fourth-order valence-corrected chi connectivity index (χ4v) is 3.21. The van der Waals surface area contributed by atoms with E-state index in [1.807, 2.05) is 31.0 Å². The maximum absolute atomic E-state index is 12.5. The zero-order valence-corrected chi connectivity index (χ0v) is 17.1. The van der Waals surface area contributed by atoms with Crippen molar-refractivity contribution in [2.24, 2.45) is 10.9 Å². The third-order valence-corrected chi connectivity index (χ3v) is 4.73. The average molecular weight is 421 g/mol. The van der Waals surface area contributed by atoms with E-state index in [1.165, 1.54) is 4.90 Å². The first-order valence-electron chi connectivity index (χ1n) is 9.43. The molecule has 1 saturated heterocycles. The highest BCUT2D eigenvalue weighted by Gasteiger charge is 2.34. The van der Waals surface area contributed by atoms with E-state index >= 15 is 0 Å². The molecule has 1 fully saturated rings. The van der Waals surface area contributed by atoms with Gasteiger partial charge in [0.25, 0.3) is 0 Å². The summed E-state index contributed by atoms with van der Waals surface area (Å²) in [5.41, 5.74) is 0. The third-order valence-electron chi connectivity index (χ3n) is 4.48. The summed E-state index contributed by atoms with van der Waals surface area (Å²) in [7, 11) is 1.91. The first-order valence-corrected chi connectivity index (χ1v) is 9.81. The van der Waals surface area contributed by atoms with Gasteiger partial charge in [-0.3, -0.25) is 9.89 Å². The zero-order chi connectivity index (χ0) is 20.6. The minimum Gasteiger partial charge on any atom is -0.492 e. The number of hydrogen-bond acceptors (Lipinski definition) is 3. The molecule has 0 bridgehead atoms. The van der Waals surface area contributed by atoms with E-state index < -0.39 is 12.7 Å². The number of ether oxygens (including phenoxy) is 1. The van der Waals surface area contributed by atoms with Gasteiger partial charge in [0.15, 0.2) is 5.96 Å². The van der Waals surface area contributed by atoms with Crippen molar-refractivity contribution in [3.63, 3.8) is 0 Å². The number of hydrogen-bond donors (Lipinski definition) is 1. The monoisotopic (exact) mass is 420 g/mol. The molecule has 1 atom stereocenters. The molecule has 1 heterocycles. The lowest BCUT2D eigenvalue weighted by atomic mass is 10.1. The van der Waals surface area contributed by atoms with E-state index in [9.17, 15) is 13.2 Å². The van der Waals surface area contributed by atoms with Gasteiger partial charge in [-0.25, -0.2) is 0 Å². The van der Waals surface area contributed by atoms with Crippen LogP contribution in [0.15, 0.2) is 29.3 Å². The van der Waals surface area contributed by atoms with E-state index in [2.05, 4.69) is 10.3 Å². The Labute approximate surface area is 169 Å². The van der Waals surface area contributed by atoms with Crippen molar-refractivity contribution in [3.05, 3.63) is 29.3 Å². The fourth-order valence-electron chi connectivity index (χ4n) is 3.08. The summed E-state index contributed by atoms with van der Waals surface area (Å²) in [6.45, 7) is 4.38. The minimum atomic E-state index is -4.14. The Bertz CT molecular complexity index is 625. The molecule has 2 rings (SSSR count). The van der Waals surface area contributed by atoms with Crippen molar-refractivity contribution in [2.45, 2.75) is 19.5 Å². The predicted octanol–water partition coefficient (Wildman–Crippen LogP) is 3.50. The molecule has 9 heteroatoms.